The van der Waals surface area contributed by atoms with Gasteiger partial charge >= 0.3 is 0 Å². The van der Waals surface area contributed by atoms with Crippen LogP contribution in [0.2, 0.25) is 0 Å². The number of hydrogen-bond acceptors (Lipinski definition) is 1. The van der Waals surface area contributed by atoms with Crippen LogP contribution in [0.4, 0.5) is 0 Å². The maximum Gasteiger partial charge on any atom is 0.0175 e. The van der Waals surface area contributed by atoms with Crippen molar-refractivity contribution in [2.24, 2.45) is 5.41 Å². The number of benzene rings is 1. The Morgan fingerprint density at radius 3 is 2.25 bits per heavy atom. The van der Waals surface area contributed by atoms with Crippen molar-refractivity contribution >= 4 is 15.9 Å². The van der Waals surface area contributed by atoms with E-state index in [2.05, 4.69) is 73.2 Å². The second kappa shape index (κ2) is 5.83. The fourth-order valence-corrected chi connectivity index (χ4v) is 1.96. The van der Waals surface area contributed by atoms with Crippen LogP contribution in [0.25, 0.3) is 0 Å². The van der Waals surface area contributed by atoms with E-state index in [1.807, 2.05) is 0 Å². The largest absolute Gasteiger partial charge is 0.314 e. The number of hydrogen-bond donors (Lipinski definition) is 1. The molecule has 1 nitrogen and oxygen atoms in total. The van der Waals surface area contributed by atoms with Gasteiger partial charge in [-0.1, -0.05) is 55.8 Å². The SMILES string of the molecule is CC(C)NCC(C)(C)Cc1ccc(Br)cc1. The summed E-state index contributed by atoms with van der Waals surface area (Å²) in [6.45, 7) is 10.1. The average molecular weight is 284 g/mol. The van der Waals surface area contributed by atoms with E-state index < -0.39 is 0 Å². The van der Waals surface area contributed by atoms with Gasteiger partial charge in [0.25, 0.3) is 0 Å². The van der Waals surface area contributed by atoms with Gasteiger partial charge in [-0.15, -0.1) is 0 Å². The second-order valence-electron chi connectivity index (χ2n) is 5.50. The molecule has 1 N–H and O–H groups in total. The molecule has 1 rings (SSSR count). The molecule has 0 aromatic heterocycles. The van der Waals surface area contributed by atoms with Crippen LogP contribution in [0, 0.1) is 5.41 Å². The van der Waals surface area contributed by atoms with Crippen LogP contribution in [-0.2, 0) is 6.42 Å². The maximum atomic E-state index is 3.51. The first kappa shape index (κ1) is 13.7. The number of nitrogens with one attached hydrogen (secondary N) is 1. The lowest BCUT2D eigenvalue weighted by molar-refractivity contribution is 0.326. The van der Waals surface area contributed by atoms with Crippen molar-refractivity contribution in [1.29, 1.82) is 0 Å². The highest BCUT2D eigenvalue weighted by Gasteiger charge is 2.18. The normalized spacial score (nSPS) is 12.1. The zero-order chi connectivity index (χ0) is 12.2. The van der Waals surface area contributed by atoms with E-state index in [-0.39, 0.29) is 0 Å². The quantitative estimate of drug-likeness (QED) is 0.861. The number of rotatable bonds is 5. The van der Waals surface area contributed by atoms with Crippen molar-refractivity contribution < 1.29 is 0 Å². The summed E-state index contributed by atoms with van der Waals surface area (Å²) in [7, 11) is 0. The van der Waals surface area contributed by atoms with Gasteiger partial charge in [-0.3, -0.25) is 0 Å². The molecule has 0 saturated carbocycles. The molecule has 0 aliphatic heterocycles. The smallest absolute Gasteiger partial charge is 0.0175 e. The standard InChI is InChI=1S/C14H22BrN/c1-11(2)16-10-14(3,4)9-12-5-7-13(15)8-6-12/h5-8,11,16H,9-10H2,1-4H3. The molecule has 90 valence electrons. The zero-order valence-electron chi connectivity index (χ0n) is 10.7. The predicted molar refractivity (Wildman–Crippen MR) is 74.8 cm³/mol. The lowest BCUT2D eigenvalue weighted by atomic mass is 9.85. The first-order chi connectivity index (χ1) is 7.39. The van der Waals surface area contributed by atoms with Crippen molar-refractivity contribution in [1.82, 2.24) is 5.32 Å². The molecule has 1 aromatic carbocycles. The van der Waals surface area contributed by atoms with Gasteiger partial charge in [0, 0.05) is 17.1 Å². The minimum atomic E-state index is 0.304. The second-order valence-corrected chi connectivity index (χ2v) is 6.42. The molecule has 1 aromatic rings. The molecule has 0 radical (unpaired) electrons. The third-order valence-electron chi connectivity index (χ3n) is 2.58. The van der Waals surface area contributed by atoms with Gasteiger partial charge in [0.2, 0.25) is 0 Å². The Hall–Kier alpha value is -0.340. The molecule has 0 atom stereocenters. The van der Waals surface area contributed by atoms with Crippen molar-refractivity contribution in [3.05, 3.63) is 34.3 Å². The first-order valence-corrected chi connectivity index (χ1v) is 6.66. The summed E-state index contributed by atoms with van der Waals surface area (Å²) in [5, 5.41) is 3.51. The van der Waals surface area contributed by atoms with Crippen molar-refractivity contribution in [2.45, 2.75) is 40.2 Å². The van der Waals surface area contributed by atoms with E-state index in [4.69, 9.17) is 0 Å². The highest BCUT2D eigenvalue weighted by molar-refractivity contribution is 9.10. The molecule has 0 aliphatic carbocycles. The summed E-state index contributed by atoms with van der Waals surface area (Å²) >= 11 is 3.46. The first-order valence-electron chi connectivity index (χ1n) is 5.87. The van der Waals surface area contributed by atoms with E-state index in [0.717, 1.165) is 17.4 Å². The Morgan fingerprint density at radius 2 is 1.75 bits per heavy atom. The van der Waals surface area contributed by atoms with Crippen molar-refractivity contribution in [3.8, 4) is 0 Å². The molecule has 0 unspecified atom stereocenters. The molecule has 0 fully saturated rings. The summed E-state index contributed by atoms with van der Waals surface area (Å²) in [6, 6.07) is 9.18. The minimum absolute atomic E-state index is 0.304. The molecule has 0 spiro atoms. The molecule has 2 heteroatoms. The maximum absolute atomic E-state index is 3.51. The molecular formula is C14H22BrN. The summed E-state index contributed by atoms with van der Waals surface area (Å²) < 4.78 is 1.15. The highest BCUT2D eigenvalue weighted by atomic mass is 79.9. The Kier molecular flexibility index (Phi) is 5.00. The summed E-state index contributed by atoms with van der Waals surface area (Å²) in [6.07, 6.45) is 1.11. The van der Waals surface area contributed by atoms with E-state index in [0.29, 0.717) is 11.5 Å². The van der Waals surface area contributed by atoms with Gasteiger partial charge in [-0.05, 0) is 29.5 Å². The highest BCUT2D eigenvalue weighted by Crippen LogP contribution is 2.22. The van der Waals surface area contributed by atoms with Gasteiger partial charge in [-0.2, -0.15) is 0 Å². The molecule has 0 heterocycles. The Bertz CT molecular complexity index is 314. The van der Waals surface area contributed by atoms with E-state index in [9.17, 15) is 0 Å². The third-order valence-corrected chi connectivity index (χ3v) is 3.11. The molecule has 0 bridgehead atoms. The molecule has 16 heavy (non-hydrogen) atoms. The summed E-state index contributed by atoms with van der Waals surface area (Å²) in [4.78, 5) is 0. The van der Waals surface area contributed by atoms with E-state index in [1.165, 1.54) is 5.56 Å². The molecular weight excluding hydrogens is 262 g/mol. The Balaban J connectivity index is 2.54. The Morgan fingerprint density at radius 1 is 1.19 bits per heavy atom. The lowest BCUT2D eigenvalue weighted by Gasteiger charge is -2.26. The van der Waals surface area contributed by atoms with Crippen LogP contribution in [0.5, 0.6) is 0 Å². The topological polar surface area (TPSA) is 12.0 Å². The predicted octanol–water partition coefficient (Wildman–Crippen LogP) is 4.02. The minimum Gasteiger partial charge on any atom is -0.314 e. The van der Waals surface area contributed by atoms with Gasteiger partial charge in [0.1, 0.15) is 0 Å². The molecule has 0 saturated heterocycles. The van der Waals surface area contributed by atoms with Crippen molar-refractivity contribution in [2.75, 3.05) is 6.54 Å². The zero-order valence-corrected chi connectivity index (χ0v) is 12.3. The van der Waals surface area contributed by atoms with E-state index >= 15 is 0 Å². The summed E-state index contributed by atoms with van der Waals surface area (Å²) in [5.74, 6) is 0. The molecule has 0 amide bonds. The molecule has 0 aliphatic rings. The van der Waals surface area contributed by atoms with E-state index in [1.54, 1.807) is 0 Å². The monoisotopic (exact) mass is 283 g/mol. The Labute approximate surface area is 108 Å². The number of halogens is 1. The van der Waals surface area contributed by atoms with Crippen LogP contribution in [0.15, 0.2) is 28.7 Å². The van der Waals surface area contributed by atoms with Crippen LogP contribution in [0.1, 0.15) is 33.3 Å². The van der Waals surface area contributed by atoms with Gasteiger partial charge in [-0.25, -0.2) is 0 Å². The summed E-state index contributed by atoms with van der Waals surface area (Å²) in [5.41, 5.74) is 1.71. The van der Waals surface area contributed by atoms with Crippen LogP contribution < -0.4 is 5.32 Å². The average Bonchev–Trinajstić information content (AvgIpc) is 2.19. The third kappa shape index (κ3) is 5.13. The lowest BCUT2D eigenvalue weighted by Crippen LogP contribution is -2.35. The fourth-order valence-electron chi connectivity index (χ4n) is 1.70. The van der Waals surface area contributed by atoms with Crippen molar-refractivity contribution in [3.63, 3.8) is 0 Å². The van der Waals surface area contributed by atoms with Crippen LogP contribution in [-0.4, -0.2) is 12.6 Å². The van der Waals surface area contributed by atoms with Gasteiger partial charge < -0.3 is 5.32 Å². The van der Waals surface area contributed by atoms with Gasteiger partial charge in [0.15, 0.2) is 0 Å². The fraction of sp³-hybridized carbons (Fsp3) is 0.571. The van der Waals surface area contributed by atoms with Crippen LogP contribution >= 0.6 is 15.9 Å². The van der Waals surface area contributed by atoms with Crippen LogP contribution in [0.3, 0.4) is 0 Å². The van der Waals surface area contributed by atoms with Gasteiger partial charge in [0.05, 0.1) is 0 Å².